The van der Waals surface area contributed by atoms with Gasteiger partial charge in [0.15, 0.2) is 5.16 Å². The number of rotatable bonds is 9. The molecule has 2 heterocycles. The molecule has 2 aromatic rings. The summed E-state index contributed by atoms with van der Waals surface area (Å²) in [5, 5.41) is 12.3. The molecule has 1 aromatic heterocycles. The Bertz CT molecular complexity index is 934. The molecular formula is C24H35N5O2S. The second kappa shape index (κ2) is 11.5. The van der Waals surface area contributed by atoms with Crippen LogP contribution in [0.2, 0.25) is 0 Å². The molecule has 1 aliphatic rings. The number of unbranched alkanes of at least 4 members (excludes halogenated alkanes) is 2. The predicted molar refractivity (Wildman–Crippen MR) is 128 cm³/mol. The second-order valence-corrected chi connectivity index (χ2v) is 9.54. The van der Waals surface area contributed by atoms with Crippen LogP contribution >= 0.6 is 11.8 Å². The number of hydrogen-bond acceptors (Lipinski definition) is 5. The number of piperidine rings is 1. The summed E-state index contributed by atoms with van der Waals surface area (Å²) in [6.45, 7) is 10.2. The van der Waals surface area contributed by atoms with Gasteiger partial charge in [-0.1, -0.05) is 43.7 Å². The number of nitrogens with zero attached hydrogens (tertiary/aromatic N) is 4. The highest BCUT2D eigenvalue weighted by Gasteiger charge is 2.27. The van der Waals surface area contributed by atoms with Gasteiger partial charge >= 0.3 is 0 Å². The Morgan fingerprint density at radius 3 is 2.59 bits per heavy atom. The maximum atomic E-state index is 12.8. The van der Waals surface area contributed by atoms with Crippen molar-refractivity contribution in [3.63, 3.8) is 0 Å². The van der Waals surface area contributed by atoms with E-state index in [2.05, 4.69) is 54.5 Å². The van der Waals surface area contributed by atoms with Crippen molar-refractivity contribution in [3.8, 4) is 5.69 Å². The van der Waals surface area contributed by atoms with Crippen LogP contribution in [0.5, 0.6) is 0 Å². The fourth-order valence-corrected chi connectivity index (χ4v) is 4.91. The Morgan fingerprint density at radius 1 is 1.12 bits per heavy atom. The number of likely N-dealkylation sites (tertiary alicyclic amines) is 1. The van der Waals surface area contributed by atoms with E-state index in [4.69, 9.17) is 0 Å². The minimum Gasteiger partial charge on any atom is -0.356 e. The average Bonchev–Trinajstić information content (AvgIpc) is 3.16. The van der Waals surface area contributed by atoms with Crippen molar-refractivity contribution in [1.82, 2.24) is 25.0 Å². The highest BCUT2D eigenvalue weighted by atomic mass is 32.2. The summed E-state index contributed by atoms with van der Waals surface area (Å²) in [7, 11) is 0. The van der Waals surface area contributed by atoms with E-state index in [-0.39, 0.29) is 17.7 Å². The number of aryl methyl sites for hydroxylation is 3. The molecule has 0 aliphatic carbocycles. The third-order valence-electron chi connectivity index (χ3n) is 6.02. The van der Waals surface area contributed by atoms with Crippen LogP contribution in [-0.2, 0) is 9.59 Å². The Hall–Kier alpha value is -2.35. The van der Waals surface area contributed by atoms with Gasteiger partial charge in [0.1, 0.15) is 5.82 Å². The van der Waals surface area contributed by atoms with Crippen molar-refractivity contribution in [2.24, 2.45) is 5.92 Å². The van der Waals surface area contributed by atoms with Gasteiger partial charge in [-0.3, -0.25) is 14.2 Å². The van der Waals surface area contributed by atoms with E-state index in [9.17, 15) is 9.59 Å². The Balaban J connectivity index is 1.52. The lowest BCUT2D eigenvalue weighted by molar-refractivity contribution is -0.133. The molecule has 1 N–H and O–H groups in total. The largest absolute Gasteiger partial charge is 0.356 e. The molecule has 1 saturated heterocycles. The zero-order valence-corrected chi connectivity index (χ0v) is 20.5. The van der Waals surface area contributed by atoms with Gasteiger partial charge in [0, 0.05) is 25.6 Å². The van der Waals surface area contributed by atoms with Crippen molar-refractivity contribution < 1.29 is 9.59 Å². The quantitative estimate of drug-likeness (QED) is 0.457. The fourth-order valence-electron chi connectivity index (χ4n) is 4.01. The van der Waals surface area contributed by atoms with Gasteiger partial charge in [0.25, 0.3) is 0 Å². The summed E-state index contributed by atoms with van der Waals surface area (Å²) in [5.41, 5.74) is 3.36. The van der Waals surface area contributed by atoms with Crippen molar-refractivity contribution >= 4 is 23.6 Å². The first-order valence-corrected chi connectivity index (χ1v) is 12.6. The summed E-state index contributed by atoms with van der Waals surface area (Å²) in [4.78, 5) is 27.0. The molecule has 174 valence electrons. The highest BCUT2D eigenvalue weighted by molar-refractivity contribution is 7.99. The van der Waals surface area contributed by atoms with Gasteiger partial charge in [-0.05, 0) is 57.2 Å². The molecule has 32 heavy (non-hydrogen) atoms. The van der Waals surface area contributed by atoms with Gasteiger partial charge in [0.2, 0.25) is 11.8 Å². The summed E-state index contributed by atoms with van der Waals surface area (Å²) < 4.78 is 2.02. The zero-order chi connectivity index (χ0) is 23.1. The molecule has 0 atom stereocenters. The van der Waals surface area contributed by atoms with E-state index >= 15 is 0 Å². The molecule has 0 unspecified atom stereocenters. The van der Waals surface area contributed by atoms with Crippen LogP contribution < -0.4 is 5.32 Å². The van der Waals surface area contributed by atoms with Crippen LogP contribution in [0.1, 0.15) is 56.0 Å². The van der Waals surface area contributed by atoms with Crippen LogP contribution in [-0.4, -0.2) is 56.9 Å². The third-order valence-corrected chi connectivity index (χ3v) is 6.94. The van der Waals surface area contributed by atoms with Crippen molar-refractivity contribution in [2.45, 2.75) is 65.0 Å². The molecule has 0 bridgehead atoms. The lowest BCUT2D eigenvalue weighted by Crippen LogP contribution is -2.43. The van der Waals surface area contributed by atoms with Crippen LogP contribution in [0.3, 0.4) is 0 Å². The van der Waals surface area contributed by atoms with Crippen LogP contribution in [0.4, 0.5) is 0 Å². The summed E-state index contributed by atoms with van der Waals surface area (Å²) in [5.74, 6) is 1.36. The molecule has 7 nitrogen and oxygen atoms in total. The van der Waals surface area contributed by atoms with E-state index in [0.717, 1.165) is 60.9 Å². The SMILES string of the molecule is CCCCCNC(=O)C1CCN(C(=O)CSc2nnc(C)n2-c2cc(C)ccc2C)CC1. The highest BCUT2D eigenvalue weighted by Crippen LogP contribution is 2.26. The molecule has 2 amide bonds. The molecule has 0 spiro atoms. The van der Waals surface area contributed by atoms with E-state index in [1.165, 1.54) is 17.3 Å². The smallest absolute Gasteiger partial charge is 0.233 e. The van der Waals surface area contributed by atoms with E-state index < -0.39 is 0 Å². The molecule has 1 aromatic carbocycles. The molecule has 0 saturated carbocycles. The van der Waals surface area contributed by atoms with Crippen molar-refractivity contribution in [2.75, 3.05) is 25.4 Å². The maximum Gasteiger partial charge on any atom is 0.233 e. The van der Waals surface area contributed by atoms with Crippen molar-refractivity contribution in [3.05, 3.63) is 35.2 Å². The molecule has 1 aliphatic heterocycles. The van der Waals surface area contributed by atoms with Gasteiger partial charge in [0.05, 0.1) is 11.4 Å². The number of hydrogen-bond donors (Lipinski definition) is 1. The summed E-state index contributed by atoms with van der Waals surface area (Å²) in [6, 6.07) is 6.30. The van der Waals surface area contributed by atoms with E-state index in [1.54, 1.807) is 0 Å². The first kappa shape index (κ1) is 24.3. The lowest BCUT2D eigenvalue weighted by Gasteiger charge is -2.31. The summed E-state index contributed by atoms with van der Waals surface area (Å²) in [6.07, 6.45) is 4.78. The van der Waals surface area contributed by atoms with Gasteiger partial charge < -0.3 is 10.2 Å². The van der Waals surface area contributed by atoms with Gasteiger partial charge in [-0.25, -0.2) is 0 Å². The van der Waals surface area contributed by atoms with Crippen molar-refractivity contribution in [1.29, 1.82) is 0 Å². The zero-order valence-electron chi connectivity index (χ0n) is 19.7. The molecule has 1 fully saturated rings. The number of carbonyl (C=O) groups excluding carboxylic acids is 2. The molecular weight excluding hydrogens is 422 g/mol. The average molecular weight is 458 g/mol. The first-order chi connectivity index (χ1) is 15.4. The number of thioether (sulfide) groups is 1. The summed E-state index contributed by atoms with van der Waals surface area (Å²) >= 11 is 1.42. The van der Waals surface area contributed by atoms with Gasteiger partial charge in [-0.2, -0.15) is 0 Å². The molecule has 0 radical (unpaired) electrons. The van der Waals surface area contributed by atoms with Gasteiger partial charge in [-0.15, -0.1) is 10.2 Å². The number of carbonyl (C=O) groups is 2. The minimum absolute atomic E-state index is 0.0170. The Morgan fingerprint density at radius 2 is 1.88 bits per heavy atom. The second-order valence-electron chi connectivity index (χ2n) is 8.60. The van der Waals surface area contributed by atoms with Crippen LogP contribution in [0, 0.1) is 26.7 Å². The normalized spacial score (nSPS) is 14.6. The number of aromatic nitrogens is 3. The molecule has 3 rings (SSSR count). The minimum atomic E-state index is 0.0170. The standard InChI is InChI=1S/C24H35N5O2S/c1-5-6-7-12-25-23(31)20-10-13-28(14-11-20)22(30)16-32-24-27-26-19(4)29(24)21-15-17(2)8-9-18(21)3/h8-9,15,20H,5-7,10-14,16H2,1-4H3,(H,25,31). The van der Waals surface area contributed by atoms with Crippen LogP contribution in [0.25, 0.3) is 5.69 Å². The topological polar surface area (TPSA) is 80.1 Å². The maximum absolute atomic E-state index is 12.8. The number of nitrogens with one attached hydrogen (secondary N) is 1. The predicted octanol–water partition coefficient (Wildman–Crippen LogP) is 3.83. The Labute approximate surface area is 195 Å². The monoisotopic (exact) mass is 457 g/mol. The van der Waals surface area contributed by atoms with Crippen LogP contribution in [0.15, 0.2) is 23.4 Å². The lowest BCUT2D eigenvalue weighted by atomic mass is 9.96. The fraction of sp³-hybridized carbons (Fsp3) is 0.583. The van der Waals surface area contributed by atoms with E-state index in [0.29, 0.717) is 18.8 Å². The molecule has 8 heteroatoms. The Kier molecular flexibility index (Phi) is 8.73. The first-order valence-electron chi connectivity index (χ1n) is 11.6. The number of benzene rings is 1. The number of amides is 2. The van der Waals surface area contributed by atoms with E-state index in [1.807, 2.05) is 16.4 Å². The third kappa shape index (κ3) is 6.12.